The SMILES string of the molecule is COc1ccccc1OCCNC(=O)CNC(=O)c1cccc(Cl)c1. The Bertz CT molecular complexity index is 737. The smallest absolute Gasteiger partial charge is 0.251 e. The summed E-state index contributed by atoms with van der Waals surface area (Å²) in [5, 5.41) is 5.66. The van der Waals surface area contributed by atoms with Crippen LogP contribution < -0.4 is 20.1 Å². The van der Waals surface area contributed by atoms with Gasteiger partial charge in [-0.25, -0.2) is 0 Å². The highest BCUT2D eigenvalue weighted by molar-refractivity contribution is 6.30. The predicted octanol–water partition coefficient (Wildman–Crippen LogP) is 2.27. The Hall–Kier alpha value is -2.73. The van der Waals surface area contributed by atoms with Crippen LogP contribution >= 0.6 is 11.6 Å². The molecular formula is C18H19ClN2O4. The fourth-order valence-electron chi connectivity index (χ4n) is 2.04. The Kier molecular flexibility index (Phi) is 7.10. The molecular weight excluding hydrogens is 344 g/mol. The standard InChI is InChI=1S/C18H19ClN2O4/c1-24-15-7-2-3-8-16(15)25-10-9-20-17(22)12-21-18(23)13-5-4-6-14(19)11-13/h2-8,11H,9-10,12H2,1H3,(H,20,22)(H,21,23). The van der Waals surface area contributed by atoms with Gasteiger partial charge in [0.1, 0.15) is 6.61 Å². The van der Waals surface area contributed by atoms with Crippen LogP contribution in [0, 0.1) is 0 Å². The van der Waals surface area contributed by atoms with Gasteiger partial charge < -0.3 is 20.1 Å². The first-order chi connectivity index (χ1) is 12.1. The van der Waals surface area contributed by atoms with Gasteiger partial charge in [0.2, 0.25) is 5.91 Å². The molecule has 2 amide bonds. The van der Waals surface area contributed by atoms with Crippen LogP contribution in [0.1, 0.15) is 10.4 Å². The fourth-order valence-corrected chi connectivity index (χ4v) is 2.23. The number of para-hydroxylation sites is 2. The minimum Gasteiger partial charge on any atom is -0.493 e. The van der Waals surface area contributed by atoms with Crippen molar-refractivity contribution in [2.75, 3.05) is 26.8 Å². The van der Waals surface area contributed by atoms with Crippen molar-refractivity contribution >= 4 is 23.4 Å². The van der Waals surface area contributed by atoms with Crippen LogP contribution in [0.3, 0.4) is 0 Å². The monoisotopic (exact) mass is 362 g/mol. The Labute approximate surface area is 151 Å². The van der Waals surface area contributed by atoms with E-state index in [0.717, 1.165) is 0 Å². The molecule has 0 unspecified atom stereocenters. The number of hydrogen-bond donors (Lipinski definition) is 2. The number of benzene rings is 2. The van der Waals surface area contributed by atoms with Gasteiger partial charge in [0, 0.05) is 10.6 Å². The zero-order chi connectivity index (χ0) is 18.1. The van der Waals surface area contributed by atoms with Gasteiger partial charge in [-0.2, -0.15) is 0 Å². The molecule has 0 spiro atoms. The number of methoxy groups -OCH3 is 1. The molecule has 0 radical (unpaired) electrons. The molecule has 7 heteroatoms. The highest BCUT2D eigenvalue weighted by Crippen LogP contribution is 2.25. The summed E-state index contributed by atoms with van der Waals surface area (Å²) in [5.74, 6) is 0.568. The number of carbonyl (C=O) groups is 2. The van der Waals surface area contributed by atoms with Gasteiger partial charge in [-0.05, 0) is 30.3 Å². The first kappa shape index (κ1) is 18.6. The zero-order valence-corrected chi connectivity index (χ0v) is 14.5. The van der Waals surface area contributed by atoms with Gasteiger partial charge in [-0.3, -0.25) is 9.59 Å². The van der Waals surface area contributed by atoms with Crippen molar-refractivity contribution < 1.29 is 19.1 Å². The predicted molar refractivity (Wildman–Crippen MR) is 95.3 cm³/mol. The minimum atomic E-state index is -0.358. The summed E-state index contributed by atoms with van der Waals surface area (Å²) in [6.07, 6.45) is 0. The number of hydrogen-bond acceptors (Lipinski definition) is 4. The van der Waals surface area contributed by atoms with E-state index in [1.165, 1.54) is 6.07 Å². The quantitative estimate of drug-likeness (QED) is 0.706. The van der Waals surface area contributed by atoms with Crippen molar-refractivity contribution in [1.29, 1.82) is 0 Å². The molecule has 0 atom stereocenters. The molecule has 0 fully saturated rings. The van der Waals surface area contributed by atoms with Crippen LogP contribution in [0.5, 0.6) is 11.5 Å². The lowest BCUT2D eigenvalue weighted by molar-refractivity contribution is -0.120. The highest BCUT2D eigenvalue weighted by Gasteiger charge is 2.08. The number of rotatable bonds is 8. The summed E-state index contributed by atoms with van der Waals surface area (Å²) in [6, 6.07) is 13.8. The summed E-state index contributed by atoms with van der Waals surface area (Å²) < 4.78 is 10.7. The molecule has 0 bridgehead atoms. The molecule has 0 saturated heterocycles. The maximum absolute atomic E-state index is 11.9. The van der Waals surface area contributed by atoms with Crippen molar-refractivity contribution in [3.05, 3.63) is 59.1 Å². The van der Waals surface area contributed by atoms with Crippen LogP contribution in [0.25, 0.3) is 0 Å². The molecule has 2 aromatic carbocycles. The van der Waals surface area contributed by atoms with Gasteiger partial charge in [0.25, 0.3) is 5.91 Å². The number of carbonyl (C=O) groups excluding carboxylic acids is 2. The molecule has 0 saturated carbocycles. The lowest BCUT2D eigenvalue weighted by Gasteiger charge is -2.11. The summed E-state index contributed by atoms with van der Waals surface area (Å²) >= 11 is 5.83. The van der Waals surface area contributed by atoms with Gasteiger partial charge in [-0.15, -0.1) is 0 Å². The molecule has 0 aliphatic rings. The van der Waals surface area contributed by atoms with Crippen LogP contribution in [-0.4, -0.2) is 38.6 Å². The summed E-state index contributed by atoms with van der Waals surface area (Å²) in [7, 11) is 1.56. The average molecular weight is 363 g/mol. The molecule has 0 aliphatic carbocycles. The topological polar surface area (TPSA) is 76.7 Å². The molecule has 6 nitrogen and oxygen atoms in total. The van der Waals surface area contributed by atoms with E-state index < -0.39 is 0 Å². The molecule has 2 aromatic rings. The van der Waals surface area contributed by atoms with Gasteiger partial charge >= 0.3 is 0 Å². The molecule has 2 rings (SSSR count). The molecule has 0 heterocycles. The van der Waals surface area contributed by atoms with E-state index in [9.17, 15) is 9.59 Å². The van der Waals surface area contributed by atoms with E-state index in [1.807, 2.05) is 12.1 Å². The third-order valence-electron chi connectivity index (χ3n) is 3.25. The van der Waals surface area contributed by atoms with Crippen molar-refractivity contribution in [2.45, 2.75) is 0 Å². The van der Waals surface area contributed by atoms with E-state index in [1.54, 1.807) is 37.4 Å². The van der Waals surface area contributed by atoms with Crippen LogP contribution in [0.2, 0.25) is 5.02 Å². The zero-order valence-electron chi connectivity index (χ0n) is 13.8. The first-order valence-electron chi connectivity index (χ1n) is 7.66. The number of amides is 2. The number of nitrogens with one attached hydrogen (secondary N) is 2. The highest BCUT2D eigenvalue weighted by atomic mass is 35.5. The van der Waals surface area contributed by atoms with Crippen molar-refractivity contribution in [3.8, 4) is 11.5 Å². The molecule has 2 N–H and O–H groups in total. The van der Waals surface area contributed by atoms with Crippen LogP contribution in [0.4, 0.5) is 0 Å². The van der Waals surface area contributed by atoms with Gasteiger partial charge in [0.05, 0.1) is 20.2 Å². The Morgan fingerprint density at radius 1 is 1.04 bits per heavy atom. The van der Waals surface area contributed by atoms with E-state index in [-0.39, 0.29) is 25.0 Å². The Morgan fingerprint density at radius 2 is 1.80 bits per heavy atom. The summed E-state index contributed by atoms with van der Waals surface area (Å²) in [6.45, 7) is 0.471. The molecule has 25 heavy (non-hydrogen) atoms. The van der Waals surface area contributed by atoms with E-state index in [4.69, 9.17) is 21.1 Å². The second kappa shape index (κ2) is 9.54. The van der Waals surface area contributed by atoms with Gasteiger partial charge in [-0.1, -0.05) is 29.8 Å². The van der Waals surface area contributed by atoms with E-state index in [2.05, 4.69) is 10.6 Å². The third kappa shape index (κ3) is 6.00. The van der Waals surface area contributed by atoms with Gasteiger partial charge in [0.15, 0.2) is 11.5 Å². The fraction of sp³-hybridized carbons (Fsp3) is 0.222. The summed E-state index contributed by atoms with van der Waals surface area (Å²) in [4.78, 5) is 23.6. The molecule has 132 valence electrons. The minimum absolute atomic E-state index is 0.125. The maximum atomic E-state index is 11.9. The third-order valence-corrected chi connectivity index (χ3v) is 3.48. The van der Waals surface area contributed by atoms with Crippen molar-refractivity contribution in [1.82, 2.24) is 10.6 Å². The normalized spacial score (nSPS) is 10.0. The first-order valence-corrected chi connectivity index (χ1v) is 8.04. The largest absolute Gasteiger partial charge is 0.493 e. The summed E-state index contributed by atoms with van der Waals surface area (Å²) in [5.41, 5.74) is 0.403. The molecule has 0 aromatic heterocycles. The molecule has 0 aliphatic heterocycles. The maximum Gasteiger partial charge on any atom is 0.251 e. The van der Waals surface area contributed by atoms with Crippen LogP contribution in [-0.2, 0) is 4.79 Å². The second-order valence-electron chi connectivity index (χ2n) is 5.04. The van der Waals surface area contributed by atoms with Crippen molar-refractivity contribution in [3.63, 3.8) is 0 Å². The van der Waals surface area contributed by atoms with E-state index >= 15 is 0 Å². The van der Waals surface area contributed by atoms with Crippen molar-refractivity contribution in [2.24, 2.45) is 0 Å². The average Bonchev–Trinajstić information content (AvgIpc) is 2.63. The van der Waals surface area contributed by atoms with Crippen LogP contribution in [0.15, 0.2) is 48.5 Å². The second-order valence-corrected chi connectivity index (χ2v) is 5.48. The number of ether oxygens (including phenoxy) is 2. The number of halogens is 1. The lowest BCUT2D eigenvalue weighted by atomic mass is 10.2. The lowest BCUT2D eigenvalue weighted by Crippen LogP contribution is -2.38. The van der Waals surface area contributed by atoms with E-state index in [0.29, 0.717) is 28.6 Å². The Morgan fingerprint density at radius 3 is 2.52 bits per heavy atom. The Balaban J connectivity index is 1.68.